The van der Waals surface area contributed by atoms with Gasteiger partial charge in [0.25, 0.3) is 0 Å². The van der Waals surface area contributed by atoms with Gasteiger partial charge >= 0.3 is 0 Å². The molecule has 0 atom stereocenters. The molecule has 0 bridgehead atoms. The summed E-state index contributed by atoms with van der Waals surface area (Å²) in [4.78, 5) is 3.10. The molecule has 0 unspecified atom stereocenters. The van der Waals surface area contributed by atoms with Gasteiger partial charge in [0.15, 0.2) is 5.11 Å². The molecule has 1 N–H and O–H groups in total. The summed E-state index contributed by atoms with van der Waals surface area (Å²) in [7, 11) is 1.92. The molecule has 2 aromatic rings. The van der Waals surface area contributed by atoms with Crippen LogP contribution in [0.15, 0.2) is 36.4 Å². The fraction of sp³-hybridized carbons (Fsp3) is 0.214. The molecule has 20 heavy (non-hydrogen) atoms. The molecule has 1 heterocycles. The lowest BCUT2D eigenvalue weighted by Gasteiger charge is -2.20. The Labute approximate surface area is 132 Å². The van der Waals surface area contributed by atoms with Gasteiger partial charge in [-0.25, -0.2) is 4.39 Å². The average molecular weight is 329 g/mol. The number of thiocarbonyl (C=S) groups is 1. The first kappa shape index (κ1) is 15.2. The lowest BCUT2D eigenvalue weighted by Crippen LogP contribution is -2.35. The summed E-state index contributed by atoms with van der Waals surface area (Å²) >= 11 is 12.8. The van der Waals surface area contributed by atoms with E-state index in [1.165, 1.54) is 12.1 Å². The predicted octanol–water partition coefficient (Wildman–Crippen LogP) is 4.05. The quantitative estimate of drug-likeness (QED) is 0.852. The second-order valence-corrected chi connectivity index (χ2v) is 6.53. The summed E-state index contributed by atoms with van der Waals surface area (Å²) in [5.74, 6) is -0.233. The molecule has 0 aliphatic rings. The highest BCUT2D eigenvalue weighted by Gasteiger charge is 2.07. The fourth-order valence-electron chi connectivity index (χ4n) is 1.66. The van der Waals surface area contributed by atoms with E-state index in [1.54, 1.807) is 23.5 Å². The molecular formula is C14H14ClFN2S2. The van der Waals surface area contributed by atoms with Crippen molar-refractivity contribution in [1.29, 1.82) is 0 Å². The van der Waals surface area contributed by atoms with Gasteiger partial charge in [0.05, 0.1) is 10.9 Å². The van der Waals surface area contributed by atoms with Crippen molar-refractivity contribution in [2.24, 2.45) is 0 Å². The number of hydrogen-bond acceptors (Lipinski definition) is 2. The number of thiophene rings is 1. The van der Waals surface area contributed by atoms with Crippen molar-refractivity contribution in [3.8, 4) is 0 Å². The van der Waals surface area contributed by atoms with Crippen LogP contribution in [0.2, 0.25) is 4.34 Å². The smallest absolute Gasteiger partial charge is 0.169 e. The summed E-state index contributed by atoms with van der Waals surface area (Å²) in [5.41, 5.74) is 0.987. The zero-order chi connectivity index (χ0) is 14.5. The normalized spacial score (nSPS) is 10.3. The van der Waals surface area contributed by atoms with E-state index >= 15 is 0 Å². The van der Waals surface area contributed by atoms with Gasteiger partial charge in [-0.3, -0.25) is 0 Å². The molecule has 106 valence electrons. The molecule has 1 aromatic carbocycles. The van der Waals surface area contributed by atoms with Crippen molar-refractivity contribution in [2.75, 3.05) is 7.05 Å². The Hall–Kier alpha value is -1.17. The Morgan fingerprint density at radius 1 is 1.30 bits per heavy atom. The van der Waals surface area contributed by atoms with E-state index in [-0.39, 0.29) is 5.82 Å². The predicted molar refractivity (Wildman–Crippen MR) is 86.6 cm³/mol. The van der Waals surface area contributed by atoms with Crippen LogP contribution >= 0.6 is 35.2 Å². The minimum absolute atomic E-state index is 0.233. The molecule has 0 aliphatic heterocycles. The molecule has 0 aliphatic carbocycles. The summed E-state index contributed by atoms with van der Waals surface area (Å²) in [5, 5.41) is 3.80. The minimum Gasteiger partial charge on any atom is -0.358 e. The molecule has 0 amide bonds. The third-order valence-corrected chi connectivity index (χ3v) is 4.40. The molecule has 2 nitrogen and oxygen atoms in total. The molecule has 6 heteroatoms. The van der Waals surface area contributed by atoms with Crippen molar-refractivity contribution in [3.63, 3.8) is 0 Å². The Bertz CT molecular complexity index is 583. The number of benzene rings is 1. The van der Waals surface area contributed by atoms with Crippen LogP contribution in [0.5, 0.6) is 0 Å². The monoisotopic (exact) mass is 328 g/mol. The van der Waals surface area contributed by atoms with Crippen LogP contribution < -0.4 is 5.32 Å². The highest BCUT2D eigenvalue weighted by atomic mass is 35.5. The van der Waals surface area contributed by atoms with Gasteiger partial charge in [-0.1, -0.05) is 23.7 Å². The van der Waals surface area contributed by atoms with E-state index in [1.807, 2.05) is 24.1 Å². The van der Waals surface area contributed by atoms with E-state index in [2.05, 4.69) is 5.32 Å². The maximum Gasteiger partial charge on any atom is 0.169 e. The van der Waals surface area contributed by atoms with Crippen molar-refractivity contribution in [3.05, 3.63) is 57.0 Å². The van der Waals surface area contributed by atoms with Crippen LogP contribution in [0.3, 0.4) is 0 Å². The van der Waals surface area contributed by atoms with Crippen molar-refractivity contribution >= 4 is 40.3 Å². The van der Waals surface area contributed by atoms with Gasteiger partial charge < -0.3 is 10.2 Å². The number of nitrogens with one attached hydrogen (secondary N) is 1. The summed E-state index contributed by atoms with van der Waals surface area (Å²) in [6.07, 6.45) is 0. The molecule has 1 aromatic heterocycles. The molecular weight excluding hydrogens is 315 g/mol. The van der Waals surface area contributed by atoms with E-state index in [9.17, 15) is 4.39 Å². The first-order valence-electron chi connectivity index (χ1n) is 6.02. The van der Waals surface area contributed by atoms with Crippen LogP contribution in [-0.2, 0) is 13.1 Å². The van der Waals surface area contributed by atoms with Gasteiger partial charge in [-0.2, -0.15) is 0 Å². The minimum atomic E-state index is -0.233. The van der Waals surface area contributed by atoms with Crippen molar-refractivity contribution in [1.82, 2.24) is 10.2 Å². The van der Waals surface area contributed by atoms with Crippen molar-refractivity contribution < 1.29 is 4.39 Å². The van der Waals surface area contributed by atoms with Gasteiger partial charge in [-0.05, 0) is 42.0 Å². The zero-order valence-electron chi connectivity index (χ0n) is 10.9. The number of rotatable bonds is 4. The van der Waals surface area contributed by atoms with Gasteiger partial charge in [0, 0.05) is 18.5 Å². The van der Waals surface area contributed by atoms with E-state index in [4.69, 9.17) is 23.8 Å². The Morgan fingerprint density at radius 2 is 2.00 bits per heavy atom. The van der Waals surface area contributed by atoms with Crippen LogP contribution in [0, 0.1) is 5.82 Å². The zero-order valence-corrected chi connectivity index (χ0v) is 13.3. The number of nitrogens with zero attached hydrogens (tertiary/aromatic N) is 1. The number of hydrogen-bond donors (Lipinski definition) is 1. The van der Waals surface area contributed by atoms with Crippen LogP contribution in [-0.4, -0.2) is 17.1 Å². The summed E-state index contributed by atoms with van der Waals surface area (Å²) in [6.45, 7) is 1.29. The molecule has 0 spiro atoms. The first-order chi connectivity index (χ1) is 9.54. The van der Waals surface area contributed by atoms with Crippen LogP contribution in [0.4, 0.5) is 4.39 Å². The SMILES string of the molecule is CN(Cc1ccc(Cl)s1)C(=S)NCc1ccc(F)cc1. The average Bonchev–Trinajstić information content (AvgIpc) is 2.83. The van der Waals surface area contributed by atoms with Gasteiger partial charge in [0.1, 0.15) is 5.82 Å². The molecule has 0 saturated carbocycles. The Morgan fingerprint density at radius 3 is 2.60 bits per heavy atom. The third kappa shape index (κ3) is 4.44. The second kappa shape index (κ2) is 7.02. The fourth-order valence-corrected chi connectivity index (χ4v) is 2.94. The van der Waals surface area contributed by atoms with Gasteiger partial charge in [-0.15, -0.1) is 11.3 Å². The van der Waals surface area contributed by atoms with Crippen molar-refractivity contribution in [2.45, 2.75) is 13.1 Å². The van der Waals surface area contributed by atoms with Crippen LogP contribution in [0.1, 0.15) is 10.4 Å². The molecule has 2 rings (SSSR count). The highest BCUT2D eigenvalue weighted by molar-refractivity contribution is 7.80. The number of halogens is 2. The van der Waals surface area contributed by atoms with E-state index < -0.39 is 0 Å². The third-order valence-electron chi connectivity index (χ3n) is 2.73. The molecule has 0 fully saturated rings. The summed E-state index contributed by atoms with van der Waals surface area (Å²) < 4.78 is 13.6. The first-order valence-corrected chi connectivity index (χ1v) is 7.62. The van der Waals surface area contributed by atoms with Crippen LogP contribution in [0.25, 0.3) is 0 Å². The topological polar surface area (TPSA) is 15.3 Å². The Balaban J connectivity index is 1.83. The van der Waals surface area contributed by atoms with E-state index in [0.29, 0.717) is 18.2 Å². The molecule has 0 saturated heterocycles. The summed E-state index contributed by atoms with van der Waals surface area (Å²) in [6, 6.07) is 10.2. The lowest BCUT2D eigenvalue weighted by atomic mass is 10.2. The molecule has 0 radical (unpaired) electrons. The largest absolute Gasteiger partial charge is 0.358 e. The maximum atomic E-state index is 12.8. The van der Waals surface area contributed by atoms with E-state index in [0.717, 1.165) is 14.8 Å². The van der Waals surface area contributed by atoms with Gasteiger partial charge in [0.2, 0.25) is 0 Å². The second-order valence-electron chi connectivity index (χ2n) is 4.35. The maximum absolute atomic E-state index is 12.8. The Kier molecular flexibility index (Phi) is 5.34. The highest BCUT2D eigenvalue weighted by Crippen LogP contribution is 2.22. The lowest BCUT2D eigenvalue weighted by molar-refractivity contribution is 0.493. The standard InChI is InChI=1S/C14H14ClFN2S2/c1-18(9-12-6-7-13(15)20-12)14(19)17-8-10-2-4-11(16)5-3-10/h2-7H,8-9H2,1H3,(H,17,19).